The highest BCUT2D eigenvalue weighted by Gasteiger charge is 2.34. The van der Waals surface area contributed by atoms with Gasteiger partial charge in [0.2, 0.25) is 5.91 Å². The fourth-order valence-electron chi connectivity index (χ4n) is 4.71. The van der Waals surface area contributed by atoms with Crippen molar-refractivity contribution in [2.24, 2.45) is 17.3 Å². The van der Waals surface area contributed by atoms with Gasteiger partial charge in [-0.15, -0.1) is 11.3 Å². The van der Waals surface area contributed by atoms with Crippen molar-refractivity contribution in [1.82, 2.24) is 0 Å². The van der Waals surface area contributed by atoms with Gasteiger partial charge in [-0.1, -0.05) is 31.6 Å². The fourth-order valence-corrected chi connectivity index (χ4v) is 5.63. The highest BCUT2D eigenvalue weighted by atomic mass is 32.1. The maximum absolute atomic E-state index is 13.7. The molecule has 0 aliphatic heterocycles. The maximum Gasteiger partial charge on any atom is 0.350 e. The summed E-state index contributed by atoms with van der Waals surface area (Å²) >= 11 is 1.28. The number of hydrogen-bond acceptors (Lipinski definition) is 5. The van der Waals surface area contributed by atoms with E-state index in [1.165, 1.54) is 18.4 Å². The van der Waals surface area contributed by atoms with E-state index >= 15 is 0 Å². The molecule has 1 amide bonds. The molecule has 0 bridgehead atoms. The molecule has 1 aromatic heterocycles. The molecule has 2 fully saturated rings. The second-order valence-electron chi connectivity index (χ2n) is 10.7. The van der Waals surface area contributed by atoms with Crippen molar-refractivity contribution in [3.8, 4) is 11.8 Å². The van der Waals surface area contributed by atoms with Crippen molar-refractivity contribution >= 4 is 34.7 Å². The third kappa shape index (κ3) is 6.93. The van der Waals surface area contributed by atoms with Gasteiger partial charge in [-0.25, -0.2) is 4.79 Å². The number of anilines is 1. The molecule has 1 heterocycles. The first-order chi connectivity index (χ1) is 15.6. The molecule has 5 nitrogen and oxygen atoms in total. The summed E-state index contributed by atoms with van der Waals surface area (Å²) in [6.07, 6.45) is 7.16. The van der Waals surface area contributed by atoms with Crippen LogP contribution in [0.4, 0.5) is 5.69 Å². The van der Waals surface area contributed by atoms with E-state index in [0.29, 0.717) is 48.6 Å². The van der Waals surface area contributed by atoms with Gasteiger partial charge in [-0.05, 0) is 64.4 Å². The summed E-state index contributed by atoms with van der Waals surface area (Å²) in [5.74, 6) is 7.35. The van der Waals surface area contributed by atoms with E-state index in [0.717, 1.165) is 36.5 Å². The van der Waals surface area contributed by atoms with Crippen LogP contribution in [-0.4, -0.2) is 30.8 Å². The lowest BCUT2D eigenvalue weighted by Gasteiger charge is -2.35. The number of amides is 1. The Morgan fingerprint density at radius 1 is 1.12 bits per heavy atom. The summed E-state index contributed by atoms with van der Waals surface area (Å²) in [4.78, 5) is 41.3. The van der Waals surface area contributed by atoms with E-state index in [1.54, 1.807) is 0 Å². The molecule has 2 aliphatic rings. The van der Waals surface area contributed by atoms with Crippen LogP contribution in [0.2, 0.25) is 0 Å². The molecule has 3 rings (SSSR count). The summed E-state index contributed by atoms with van der Waals surface area (Å²) < 4.78 is 5.06. The Balaban J connectivity index is 1.96. The number of thiophene rings is 1. The van der Waals surface area contributed by atoms with Gasteiger partial charge in [-0.2, -0.15) is 0 Å². The third-order valence-electron chi connectivity index (χ3n) is 6.65. The number of ether oxygens (including phenoxy) is 1. The van der Waals surface area contributed by atoms with Crippen LogP contribution >= 0.6 is 11.3 Å². The van der Waals surface area contributed by atoms with Crippen molar-refractivity contribution in [3.05, 3.63) is 15.8 Å². The number of carbonyl (C=O) groups is 3. The largest absolute Gasteiger partial charge is 0.465 e. The summed E-state index contributed by atoms with van der Waals surface area (Å²) in [5.41, 5.74) is 0.422. The minimum absolute atomic E-state index is 0.0483. The molecule has 0 radical (unpaired) electrons. The predicted octanol–water partition coefficient (Wildman–Crippen LogP) is 5.99. The molecule has 0 N–H and O–H groups in total. The molecule has 0 unspecified atom stereocenters. The van der Waals surface area contributed by atoms with Crippen molar-refractivity contribution in [2.75, 3.05) is 12.0 Å². The van der Waals surface area contributed by atoms with Gasteiger partial charge in [0.15, 0.2) is 0 Å². The number of hydrogen-bond donors (Lipinski definition) is 0. The molecule has 180 valence electrons. The summed E-state index contributed by atoms with van der Waals surface area (Å²) in [6.45, 7) is 8.39. The first-order valence-electron chi connectivity index (χ1n) is 12.2. The molecule has 0 aromatic carbocycles. The molecular formula is C27H37NO4S. The number of carbonyl (C=O) groups excluding carboxylic acids is 3. The average molecular weight is 472 g/mol. The van der Waals surface area contributed by atoms with Gasteiger partial charge in [-0.3, -0.25) is 9.59 Å². The van der Waals surface area contributed by atoms with Crippen LogP contribution < -0.4 is 4.90 Å². The van der Waals surface area contributed by atoms with Gasteiger partial charge < -0.3 is 9.64 Å². The lowest BCUT2D eigenvalue weighted by Crippen LogP contribution is -2.44. The Kier molecular flexibility index (Phi) is 8.39. The molecule has 6 heteroatoms. The minimum Gasteiger partial charge on any atom is -0.465 e. The standard InChI is InChI=1S/C27H37NO4S/c1-18-6-8-19(9-7-18)16-24(30)28(20-10-12-21(29)13-11-20)23-17-22(14-15-27(2,3)4)33-25(23)26(31)32-5/h17-20H,6-13,16H2,1-5H3. The smallest absolute Gasteiger partial charge is 0.350 e. The number of nitrogens with zero attached hydrogens (tertiary/aromatic N) is 1. The van der Waals surface area contributed by atoms with Gasteiger partial charge >= 0.3 is 5.97 Å². The topological polar surface area (TPSA) is 63.7 Å². The Morgan fingerprint density at radius 2 is 1.76 bits per heavy atom. The normalized spacial score (nSPS) is 21.8. The number of methoxy groups -OCH3 is 1. The molecule has 1 aromatic rings. The van der Waals surface area contributed by atoms with E-state index in [2.05, 4.69) is 18.8 Å². The van der Waals surface area contributed by atoms with Crippen molar-refractivity contribution in [2.45, 2.75) is 91.5 Å². The van der Waals surface area contributed by atoms with E-state index in [4.69, 9.17) is 4.74 Å². The molecule has 0 saturated heterocycles. The van der Waals surface area contributed by atoms with Crippen LogP contribution in [0.25, 0.3) is 0 Å². The zero-order valence-electron chi connectivity index (χ0n) is 20.7. The molecule has 2 saturated carbocycles. The Morgan fingerprint density at radius 3 is 2.33 bits per heavy atom. The zero-order valence-corrected chi connectivity index (χ0v) is 21.5. The second kappa shape index (κ2) is 10.9. The van der Waals surface area contributed by atoms with Crippen LogP contribution in [-0.2, 0) is 14.3 Å². The Hall–Kier alpha value is -2.13. The van der Waals surface area contributed by atoms with Crippen LogP contribution in [0.15, 0.2) is 6.07 Å². The lowest BCUT2D eigenvalue weighted by atomic mass is 9.81. The van der Waals surface area contributed by atoms with Crippen LogP contribution in [0.1, 0.15) is 100 Å². The number of esters is 1. The Bertz CT molecular complexity index is 928. The molecule has 2 aliphatic carbocycles. The first-order valence-corrected chi connectivity index (χ1v) is 13.0. The summed E-state index contributed by atoms with van der Waals surface area (Å²) in [5, 5.41) is 0. The third-order valence-corrected chi connectivity index (χ3v) is 7.67. The number of Topliss-reactive ketones (excluding diaryl/α,β-unsaturated/α-hetero) is 1. The van der Waals surface area contributed by atoms with Gasteiger partial charge in [0.25, 0.3) is 0 Å². The van der Waals surface area contributed by atoms with E-state index in [-0.39, 0.29) is 23.1 Å². The van der Waals surface area contributed by atoms with E-state index < -0.39 is 5.97 Å². The maximum atomic E-state index is 13.7. The predicted molar refractivity (Wildman–Crippen MR) is 132 cm³/mol. The zero-order chi connectivity index (χ0) is 24.2. The van der Waals surface area contributed by atoms with Gasteiger partial charge in [0.05, 0.1) is 17.7 Å². The van der Waals surface area contributed by atoms with E-state index in [9.17, 15) is 14.4 Å². The van der Waals surface area contributed by atoms with Crippen LogP contribution in [0.5, 0.6) is 0 Å². The van der Waals surface area contributed by atoms with Gasteiger partial charge in [0.1, 0.15) is 10.7 Å². The number of ketones is 1. The fraction of sp³-hybridized carbons (Fsp3) is 0.667. The number of rotatable bonds is 5. The van der Waals surface area contributed by atoms with Crippen molar-refractivity contribution in [1.29, 1.82) is 0 Å². The second-order valence-corrected chi connectivity index (χ2v) is 11.7. The summed E-state index contributed by atoms with van der Waals surface area (Å²) in [7, 11) is 1.36. The first kappa shape index (κ1) is 25.5. The van der Waals surface area contributed by atoms with Gasteiger partial charge in [0, 0.05) is 30.7 Å². The molecule has 33 heavy (non-hydrogen) atoms. The molecular weight excluding hydrogens is 434 g/mol. The minimum atomic E-state index is -0.449. The Labute approximate surface area is 202 Å². The van der Waals surface area contributed by atoms with Crippen LogP contribution in [0, 0.1) is 29.1 Å². The highest BCUT2D eigenvalue weighted by molar-refractivity contribution is 7.15. The quantitative estimate of drug-likeness (QED) is 0.391. The van der Waals surface area contributed by atoms with E-state index in [1.807, 2.05) is 31.7 Å². The average Bonchev–Trinajstić information content (AvgIpc) is 3.18. The molecule has 0 spiro atoms. The van der Waals surface area contributed by atoms with Crippen molar-refractivity contribution < 1.29 is 19.1 Å². The molecule has 0 atom stereocenters. The SMILES string of the molecule is COC(=O)c1sc(C#CC(C)(C)C)cc1N(C(=O)CC1CCC(C)CC1)C1CCC(=O)CC1. The van der Waals surface area contributed by atoms with Crippen molar-refractivity contribution in [3.63, 3.8) is 0 Å². The highest BCUT2D eigenvalue weighted by Crippen LogP contribution is 2.37. The monoisotopic (exact) mass is 471 g/mol. The lowest BCUT2D eigenvalue weighted by molar-refractivity contribution is -0.123. The summed E-state index contributed by atoms with van der Waals surface area (Å²) in [6, 6.07) is 1.78. The van der Waals surface area contributed by atoms with Crippen LogP contribution in [0.3, 0.4) is 0 Å².